The lowest BCUT2D eigenvalue weighted by molar-refractivity contribution is -0.384. The summed E-state index contributed by atoms with van der Waals surface area (Å²) in [7, 11) is 1.26. The Hall–Kier alpha value is -4.78. The lowest BCUT2D eigenvalue weighted by Crippen LogP contribution is -2.46. The van der Waals surface area contributed by atoms with Gasteiger partial charge in [-0.2, -0.15) is 0 Å². The van der Waals surface area contributed by atoms with E-state index in [1.165, 1.54) is 19.2 Å². The zero-order valence-electron chi connectivity index (χ0n) is 20.9. The van der Waals surface area contributed by atoms with E-state index in [1.807, 2.05) is 91.0 Å². The predicted octanol–water partition coefficient (Wildman–Crippen LogP) is 5.22. The number of nitrogens with one attached hydrogen (secondary N) is 1. The molecule has 0 unspecified atom stereocenters. The molecular formula is C31H28N2O5. The van der Waals surface area contributed by atoms with Crippen LogP contribution in [0, 0.1) is 10.1 Å². The van der Waals surface area contributed by atoms with Crippen LogP contribution in [0.4, 0.5) is 5.69 Å². The molecule has 0 spiro atoms. The monoisotopic (exact) mass is 508 g/mol. The number of amides is 1. The van der Waals surface area contributed by atoms with E-state index < -0.39 is 22.3 Å². The third-order valence-corrected chi connectivity index (χ3v) is 6.63. The van der Waals surface area contributed by atoms with Gasteiger partial charge in [0.1, 0.15) is 6.04 Å². The normalized spacial score (nSPS) is 11.8. The van der Waals surface area contributed by atoms with E-state index >= 15 is 0 Å². The van der Waals surface area contributed by atoms with Gasteiger partial charge in [0.25, 0.3) is 5.69 Å². The second-order valence-electron chi connectivity index (χ2n) is 8.95. The third-order valence-electron chi connectivity index (χ3n) is 6.63. The minimum Gasteiger partial charge on any atom is -0.467 e. The number of ether oxygens (including phenoxy) is 1. The number of nitro groups is 1. The number of methoxy groups -OCH3 is 1. The van der Waals surface area contributed by atoms with Gasteiger partial charge in [-0.25, -0.2) is 4.79 Å². The number of rotatable bonds is 10. The molecule has 4 aromatic carbocycles. The Labute approximate surface area is 221 Å². The van der Waals surface area contributed by atoms with Gasteiger partial charge in [0.05, 0.1) is 17.4 Å². The van der Waals surface area contributed by atoms with E-state index in [4.69, 9.17) is 4.74 Å². The molecule has 0 bridgehead atoms. The van der Waals surface area contributed by atoms with Crippen LogP contribution in [0.3, 0.4) is 0 Å². The number of hydrogen-bond donors (Lipinski definition) is 1. The first kappa shape index (κ1) is 26.3. The molecule has 0 saturated carbocycles. The summed E-state index contributed by atoms with van der Waals surface area (Å²) in [4.78, 5) is 36.9. The van der Waals surface area contributed by atoms with Crippen LogP contribution < -0.4 is 5.32 Å². The van der Waals surface area contributed by atoms with Crippen molar-refractivity contribution in [2.75, 3.05) is 7.11 Å². The maximum Gasteiger partial charge on any atom is 0.328 e. The average molecular weight is 509 g/mol. The van der Waals surface area contributed by atoms with Crippen molar-refractivity contribution in [3.63, 3.8) is 0 Å². The fourth-order valence-corrected chi connectivity index (χ4v) is 4.79. The zero-order chi connectivity index (χ0) is 27.0. The summed E-state index contributed by atoms with van der Waals surface area (Å²) in [5.41, 5.74) is 2.62. The average Bonchev–Trinajstić information content (AvgIpc) is 2.97. The molecule has 0 aliphatic heterocycles. The molecule has 0 saturated heterocycles. The molecule has 38 heavy (non-hydrogen) atoms. The smallest absolute Gasteiger partial charge is 0.328 e. The molecule has 7 heteroatoms. The third kappa shape index (κ3) is 5.78. The van der Waals surface area contributed by atoms with E-state index in [0.717, 1.165) is 16.7 Å². The molecule has 0 aliphatic carbocycles. The van der Waals surface area contributed by atoms with Crippen LogP contribution in [0.25, 0.3) is 0 Å². The van der Waals surface area contributed by atoms with Gasteiger partial charge < -0.3 is 10.1 Å². The lowest BCUT2D eigenvalue weighted by Gasteiger charge is -2.36. The number of carbonyl (C=O) groups is 2. The second-order valence-corrected chi connectivity index (χ2v) is 8.95. The van der Waals surface area contributed by atoms with Crippen molar-refractivity contribution >= 4 is 17.6 Å². The molecule has 4 aromatic rings. The molecule has 0 heterocycles. The van der Waals surface area contributed by atoms with Crippen LogP contribution in [0.5, 0.6) is 0 Å². The van der Waals surface area contributed by atoms with E-state index in [9.17, 15) is 19.7 Å². The SMILES string of the molecule is COC(=O)[C@H](Cc1ccc([N+](=O)[O-])cc1)NC(=O)CC(c1ccccc1)(c1ccccc1)c1ccccc1. The number of nitrogens with zero attached hydrogens (tertiary/aromatic N) is 1. The Morgan fingerprint density at radius 2 is 1.24 bits per heavy atom. The zero-order valence-corrected chi connectivity index (χ0v) is 20.9. The first-order valence-electron chi connectivity index (χ1n) is 12.2. The van der Waals surface area contributed by atoms with Gasteiger partial charge in [0, 0.05) is 25.0 Å². The summed E-state index contributed by atoms with van der Waals surface area (Å²) in [6, 6.07) is 34.4. The predicted molar refractivity (Wildman–Crippen MR) is 145 cm³/mol. The number of carbonyl (C=O) groups excluding carboxylic acids is 2. The molecule has 1 amide bonds. The Morgan fingerprint density at radius 3 is 1.63 bits per heavy atom. The van der Waals surface area contributed by atoms with Crippen molar-refractivity contribution in [3.05, 3.63) is 148 Å². The number of non-ortho nitro benzene ring substituents is 1. The lowest BCUT2D eigenvalue weighted by atomic mass is 9.67. The Balaban J connectivity index is 1.70. The van der Waals surface area contributed by atoms with Crippen molar-refractivity contribution in [2.45, 2.75) is 24.3 Å². The minimum absolute atomic E-state index is 0.0405. The molecule has 1 N–H and O–H groups in total. The van der Waals surface area contributed by atoms with Crippen LogP contribution >= 0.6 is 0 Å². The highest BCUT2D eigenvalue weighted by atomic mass is 16.6. The number of benzene rings is 4. The molecule has 0 aromatic heterocycles. The van der Waals surface area contributed by atoms with Gasteiger partial charge in [0.2, 0.25) is 5.91 Å². The van der Waals surface area contributed by atoms with Crippen LogP contribution in [0.1, 0.15) is 28.7 Å². The summed E-state index contributed by atoms with van der Waals surface area (Å²) in [6.07, 6.45) is 0.171. The molecule has 1 atom stereocenters. The van der Waals surface area contributed by atoms with Crippen molar-refractivity contribution in [2.24, 2.45) is 0 Å². The van der Waals surface area contributed by atoms with Crippen LogP contribution in [0.2, 0.25) is 0 Å². The van der Waals surface area contributed by atoms with E-state index in [1.54, 1.807) is 12.1 Å². The van der Waals surface area contributed by atoms with E-state index in [-0.39, 0.29) is 24.4 Å². The molecule has 192 valence electrons. The molecular weight excluding hydrogens is 480 g/mol. The highest BCUT2D eigenvalue weighted by Gasteiger charge is 2.39. The van der Waals surface area contributed by atoms with Crippen LogP contribution in [-0.2, 0) is 26.2 Å². The maximum absolute atomic E-state index is 13.7. The molecule has 4 rings (SSSR count). The van der Waals surface area contributed by atoms with Crippen LogP contribution in [0.15, 0.2) is 115 Å². The van der Waals surface area contributed by atoms with Gasteiger partial charge in [-0.1, -0.05) is 103 Å². The second kappa shape index (κ2) is 12.0. The maximum atomic E-state index is 13.7. The van der Waals surface area contributed by atoms with Crippen LogP contribution in [-0.4, -0.2) is 30.0 Å². The molecule has 0 radical (unpaired) electrons. The van der Waals surface area contributed by atoms with Crippen molar-refractivity contribution in [3.8, 4) is 0 Å². The van der Waals surface area contributed by atoms with E-state index in [2.05, 4.69) is 5.32 Å². The Kier molecular flexibility index (Phi) is 8.28. The quantitative estimate of drug-likeness (QED) is 0.137. The topological polar surface area (TPSA) is 98.5 Å². The first-order chi connectivity index (χ1) is 18.4. The van der Waals surface area contributed by atoms with Crippen molar-refractivity contribution < 1.29 is 19.2 Å². The summed E-state index contributed by atoms with van der Waals surface area (Å²) < 4.78 is 4.97. The molecule has 7 nitrogen and oxygen atoms in total. The van der Waals surface area contributed by atoms with E-state index in [0.29, 0.717) is 5.56 Å². The van der Waals surface area contributed by atoms with Gasteiger partial charge in [-0.05, 0) is 22.3 Å². The first-order valence-corrected chi connectivity index (χ1v) is 12.2. The molecule has 0 aliphatic rings. The van der Waals surface area contributed by atoms with Gasteiger partial charge >= 0.3 is 5.97 Å². The summed E-state index contributed by atoms with van der Waals surface area (Å²) in [5, 5.41) is 13.9. The minimum atomic E-state index is -0.964. The fraction of sp³-hybridized carbons (Fsp3) is 0.161. The summed E-state index contributed by atoms with van der Waals surface area (Å²) in [6.45, 7) is 0. The van der Waals surface area contributed by atoms with Crippen molar-refractivity contribution in [1.82, 2.24) is 5.32 Å². The number of esters is 1. The largest absolute Gasteiger partial charge is 0.467 e. The highest BCUT2D eigenvalue weighted by molar-refractivity contribution is 5.86. The van der Waals surface area contributed by atoms with Gasteiger partial charge in [-0.15, -0.1) is 0 Å². The number of hydrogen-bond acceptors (Lipinski definition) is 5. The van der Waals surface area contributed by atoms with Gasteiger partial charge in [0.15, 0.2) is 0 Å². The Bertz CT molecular complexity index is 1280. The summed E-state index contributed by atoms with van der Waals surface area (Å²) in [5.74, 6) is -0.930. The van der Waals surface area contributed by atoms with Crippen molar-refractivity contribution in [1.29, 1.82) is 0 Å². The standard InChI is InChI=1S/C31H28N2O5/c1-38-30(35)28(21-23-17-19-27(20-18-23)33(36)37)32-29(34)22-31(24-11-5-2-6-12-24,25-13-7-3-8-14-25)26-15-9-4-10-16-26/h2-20,28H,21-22H2,1H3,(H,32,34)/t28-/m0/s1. The van der Waals surface area contributed by atoms with Gasteiger partial charge in [-0.3, -0.25) is 14.9 Å². The number of nitro benzene ring substituents is 1. The highest BCUT2D eigenvalue weighted by Crippen LogP contribution is 2.42. The summed E-state index contributed by atoms with van der Waals surface area (Å²) >= 11 is 0. The fourth-order valence-electron chi connectivity index (χ4n) is 4.79. The molecule has 0 fully saturated rings. The Morgan fingerprint density at radius 1 is 0.789 bits per heavy atom.